The second kappa shape index (κ2) is 4.89. The Kier molecular flexibility index (Phi) is 3.49. The summed E-state index contributed by atoms with van der Waals surface area (Å²) >= 11 is 7.52. The van der Waals surface area contributed by atoms with Gasteiger partial charge in [-0.2, -0.15) is 0 Å². The molecule has 2 N–H and O–H groups in total. The van der Waals surface area contributed by atoms with Gasteiger partial charge in [-0.3, -0.25) is 0 Å². The molecule has 0 spiro atoms. The standard InChI is InChI=1S/C11H13ClN4S/c1-7-9(17-6-14-7)5-16(2)11-4-8(13)3-10(12)15-11/h3-4,6H,5H2,1-2H3,(H2,13,15). The highest BCUT2D eigenvalue weighted by atomic mass is 35.5. The summed E-state index contributed by atoms with van der Waals surface area (Å²) in [7, 11) is 1.96. The first-order valence-electron chi connectivity index (χ1n) is 5.09. The Morgan fingerprint density at radius 2 is 2.24 bits per heavy atom. The first-order chi connectivity index (χ1) is 8.06. The molecule has 2 aromatic heterocycles. The molecular formula is C11H13ClN4S. The first kappa shape index (κ1) is 12.1. The van der Waals surface area contributed by atoms with Crippen LogP contribution in [0.3, 0.4) is 0 Å². The van der Waals surface area contributed by atoms with Crippen molar-refractivity contribution in [2.24, 2.45) is 0 Å². The quantitative estimate of drug-likeness (QED) is 0.870. The fourth-order valence-electron chi connectivity index (χ4n) is 1.47. The zero-order valence-electron chi connectivity index (χ0n) is 9.64. The topological polar surface area (TPSA) is 55.0 Å². The maximum Gasteiger partial charge on any atom is 0.133 e. The number of nitrogen functional groups attached to an aromatic ring is 1. The zero-order valence-corrected chi connectivity index (χ0v) is 11.2. The number of nitrogens with zero attached hydrogens (tertiary/aromatic N) is 3. The third kappa shape index (κ3) is 2.87. The predicted octanol–water partition coefficient (Wildman–Crippen LogP) is 2.72. The Hall–Kier alpha value is -1.33. The molecule has 2 aromatic rings. The van der Waals surface area contributed by atoms with Gasteiger partial charge in [0.25, 0.3) is 0 Å². The lowest BCUT2D eigenvalue weighted by Crippen LogP contribution is -2.17. The summed E-state index contributed by atoms with van der Waals surface area (Å²) in [6.45, 7) is 2.75. The molecule has 0 bridgehead atoms. The summed E-state index contributed by atoms with van der Waals surface area (Å²) in [5.74, 6) is 0.766. The van der Waals surface area contributed by atoms with Gasteiger partial charge in [0.15, 0.2) is 0 Å². The molecule has 2 heterocycles. The molecule has 4 nitrogen and oxygen atoms in total. The Morgan fingerprint density at radius 3 is 2.82 bits per heavy atom. The fourth-order valence-corrected chi connectivity index (χ4v) is 2.51. The van der Waals surface area contributed by atoms with Crippen LogP contribution in [-0.4, -0.2) is 17.0 Å². The number of anilines is 2. The van der Waals surface area contributed by atoms with Crippen LogP contribution in [0.2, 0.25) is 5.15 Å². The van der Waals surface area contributed by atoms with Gasteiger partial charge in [0, 0.05) is 23.7 Å². The lowest BCUT2D eigenvalue weighted by molar-refractivity contribution is 0.902. The fraction of sp³-hybridized carbons (Fsp3) is 0.273. The lowest BCUT2D eigenvalue weighted by atomic mass is 10.3. The van der Waals surface area contributed by atoms with Crippen molar-refractivity contribution in [3.8, 4) is 0 Å². The van der Waals surface area contributed by atoms with Gasteiger partial charge in [0.1, 0.15) is 11.0 Å². The molecule has 0 aliphatic carbocycles. The molecule has 17 heavy (non-hydrogen) atoms. The molecule has 0 radical (unpaired) electrons. The lowest BCUT2D eigenvalue weighted by Gasteiger charge is -2.18. The van der Waals surface area contributed by atoms with Gasteiger partial charge < -0.3 is 10.6 Å². The summed E-state index contributed by atoms with van der Waals surface area (Å²) in [5, 5.41) is 0.410. The molecule has 0 unspecified atom stereocenters. The van der Waals surface area contributed by atoms with E-state index in [2.05, 4.69) is 9.97 Å². The Labute approximate surface area is 109 Å². The minimum atomic E-state index is 0.410. The van der Waals surface area contributed by atoms with Crippen LogP contribution in [-0.2, 0) is 6.54 Å². The first-order valence-corrected chi connectivity index (χ1v) is 6.35. The number of hydrogen-bond donors (Lipinski definition) is 1. The van der Waals surface area contributed by atoms with Gasteiger partial charge in [-0.25, -0.2) is 9.97 Å². The van der Waals surface area contributed by atoms with Crippen LogP contribution in [0.4, 0.5) is 11.5 Å². The Morgan fingerprint density at radius 1 is 1.47 bits per heavy atom. The highest BCUT2D eigenvalue weighted by Crippen LogP contribution is 2.22. The normalized spacial score (nSPS) is 10.5. The Balaban J connectivity index is 2.20. The number of halogens is 1. The van der Waals surface area contributed by atoms with Crippen LogP contribution in [0, 0.1) is 6.92 Å². The van der Waals surface area contributed by atoms with E-state index in [1.165, 1.54) is 4.88 Å². The summed E-state index contributed by atoms with van der Waals surface area (Å²) < 4.78 is 0. The maximum absolute atomic E-state index is 5.88. The van der Waals surface area contributed by atoms with Crippen molar-refractivity contribution < 1.29 is 0 Å². The van der Waals surface area contributed by atoms with E-state index in [-0.39, 0.29) is 0 Å². The molecule has 0 amide bonds. The molecule has 0 aromatic carbocycles. The number of pyridine rings is 1. The van der Waals surface area contributed by atoms with Gasteiger partial charge in [-0.15, -0.1) is 11.3 Å². The smallest absolute Gasteiger partial charge is 0.133 e. The predicted molar refractivity (Wildman–Crippen MR) is 72.6 cm³/mol. The second-order valence-corrected chi connectivity index (χ2v) is 5.12. The Bertz CT molecular complexity index is 506. The SMILES string of the molecule is Cc1ncsc1CN(C)c1cc(N)cc(Cl)n1. The molecule has 0 aliphatic rings. The van der Waals surface area contributed by atoms with Crippen molar-refractivity contribution >= 4 is 34.4 Å². The van der Waals surface area contributed by atoms with Gasteiger partial charge in [-0.1, -0.05) is 11.6 Å². The van der Waals surface area contributed by atoms with Crippen LogP contribution in [0.5, 0.6) is 0 Å². The van der Waals surface area contributed by atoms with Crippen molar-refractivity contribution in [2.45, 2.75) is 13.5 Å². The average Bonchev–Trinajstić information content (AvgIpc) is 2.63. The molecule has 90 valence electrons. The molecule has 0 atom stereocenters. The summed E-state index contributed by atoms with van der Waals surface area (Å²) in [4.78, 5) is 11.7. The molecule has 6 heteroatoms. The summed E-state index contributed by atoms with van der Waals surface area (Å²) in [6.07, 6.45) is 0. The molecule has 0 saturated heterocycles. The van der Waals surface area contributed by atoms with Gasteiger partial charge in [-0.05, 0) is 13.0 Å². The minimum Gasteiger partial charge on any atom is -0.399 e. The van der Waals surface area contributed by atoms with Crippen molar-refractivity contribution in [3.05, 3.63) is 33.4 Å². The molecule has 2 rings (SSSR count). The van der Waals surface area contributed by atoms with E-state index in [9.17, 15) is 0 Å². The van der Waals surface area contributed by atoms with Crippen molar-refractivity contribution in [1.82, 2.24) is 9.97 Å². The highest BCUT2D eigenvalue weighted by molar-refractivity contribution is 7.09. The molecule has 0 fully saturated rings. The summed E-state index contributed by atoms with van der Waals surface area (Å²) in [5.41, 5.74) is 9.26. The second-order valence-electron chi connectivity index (χ2n) is 3.80. The van der Waals surface area contributed by atoms with E-state index < -0.39 is 0 Å². The van der Waals surface area contributed by atoms with Gasteiger partial charge in [0.05, 0.1) is 17.7 Å². The number of nitrogens with two attached hydrogens (primary N) is 1. The zero-order chi connectivity index (χ0) is 12.4. The molecular weight excluding hydrogens is 256 g/mol. The third-order valence-electron chi connectivity index (χ3n) is 2.42. The maximum atomic E-state index is 5.88. The van der Waals surface area contributed by atoms with Crippen molar-refractivity contribution in [2.75, 3.05) is 17.7 Å². The largest absolute Gasteiger partial charge is 0.399 e. The van der Waals surface area contributed by atoms with Crippen molar-refractivity contribution in [3.63, 3.8) is 0 Å². The molecule has 0 aliphatic heterocycles. The summed E-state index contributed by atoms with van der Waals surface area (Å²) in [6, 6.07) is 3.44. The molecule has 0 saturated carbocycles. The number of hydrogen-bond acceptors (Lipinski definition) is 5. The van der Waals surface area contributed by atoms with Crippen molar-refractivity contribution in [1.29, 1.82) is 0 Å². The van der Waals surface area contributed by atoms with Gasteiger partial charge >= 0.3 is 0 Å². The van der Waals surface area contributed by atoms with Crippen LogP contribution >= 0.6 is 22.9 Å². The highest BCUT2D eigenvalue weighted by Gasteiger charge is 2.09. The van der Waals surface area contributed by atoms with Gasteiger partial charge in [0.2, 0.25) is 0 Å². The minimum absolute atomic E-state index is 0.410. The van der Waals surface area contributed by atoms with E-state index in [1.807, 2.05) is 30.4 Å². The number of thiazole rings is 1. The van der Waals surface area contributed by atoms with E-state index >= 15 is 0 Å². The van der Waals surface area contributed by atoms with Crippen LogP contribution in [0.1, 0.15) is 10.6 Å². The van der Waals surface area contributed by atoms with E-state index in [1.54, 1.807) is 17.4 Å². The number of aryl methyl sites for hydroxylation is 1. The monoisotopic (exact) mass is 268 g/mol. The van der Waals surface area contributed by atoms with E-state index in [0.717, 1.165) is 18.1 Å². The van der Waals surface area contributed by atoms with Crippen LogP contribution < -0.4 is 10.6 Å². The average molecular weight is 269 g/mol. The third-order valence-corrected chi connectivity index (χ3v) is 3.53. The van der Waals surface area contributed by atoms with E-state index in [0.29, 0.717) is 10.8 Å². The number of aromatic nitrogens is 2. The number of rotatable bonds is 3. The van der Waals surface area contributed by atoms with Crippen LogP contribution in [0.25, 0.3) is 0 Å². The van der Waals surface area contributed by atoms with Crippen LogP contribution in [0.15, 0.2) is 17.6 Å². The van der Waals surface area contributed by atoms with E-state index in [4.69, 9.17) is 17.3 Å².